The van der Waals surface area contributed by atoms with Gasteiger partial charge in [-0.15, -0.1) is 0 Å². The minimum Gasteiger partial charge on any atom is -0.347 e. The molecule has 23 heavy (non-hydrogen) atoms. The van der Waals surface area contributed by atoms with Crippen molar-refractivity contribution >= 4 is 17.5 Å². The molecule has 0 bridgehead atoms. The molecule has 2 fully saturated rings. The third-order valence-corrected chi connectivity index (χ3v) is 4.07. The van der Waals surface area contributed by atoms with E-state index in [0.717, 1.165) is 0 Å². The largest absolute Gasteiger partial charge is 0.347 e. The van der Waals surface area contributed by atoms with Crippen LogP contribution in [-0.4, -0.2) is 48.8 Å². The highest BCUT2D eigenvalue weighted by molar-refractivity contribution is 6.39. The lowest BCUT2D eigenvalue weighted by atomic mass is 10.0. The molecule has 120 valence electrons. The second kappa shape index (κ2) is 6.36. The molecule has 2 aliphatic rings. The summed E-state index contributed by atoms with van der Waals surface area (Å²) in [5.41, 5.74) is 0.851. The lowest BCUT2D eigenvalue weighted by Gasteiger charge is -2.37. The highest BCUT2D eigenvalue weighted by Gasteiger charge is 2.41. The van der Waals surface area contributed by atoms with E-state index in [0.29, 0.717) is 50.4 Å². The standard InChI is InChI=1S/C16H17N3O4/c17-11-12-2-1-3-13(10-12)18-14(20)15(21)19-6-4-16(5-7-19)22-8-9-23-16/h1-3,10H,4-9H2,(H,18,20). The molecule has 1 N–H and O–H groups in total. The van der Waals surface area contributed by atoms with Crippen LogP contribution in [0.3, 0.4) is 0 Å². The van der Waals surface area contributed by atoms with Crippen molar-refractivity contribution in [1.29, 1.82) is 5.26 Å². The van der Waals surface area contributed by atoms with Crippen molar-refractivity contribution in [2.75, 3.05) is 31.6 Å². The number of piperidine rings is 1. The zero-order chi connectivity index (χ0) is 16.3. The summed E-state index contributed by atoms with van der Waals surface area (Å²) in [5, 5.41) is 11.4. The fourth-order valence-corrected chi connectivity index (χ4v) is 2.83. The van der Waals surface area contributed by atoms with Gasteiger partial charge in [0.15, 0.2) is 5.79 Å². The summed E-state index contributed by atoms with van der Waals surface area (Å²) in [7, 11) is 0. The van der Waals surface area contributed by atoms with Crippen LogP contribution in [0.5, 0.6) is 0 Å². The second-order valence-corrected chi connectivity index (χ2v) is 5.55. The number of anilines is 1. The van der Waals surface area contributed by atoms with E-state index in [1.165, 1.54) is 11.0 Å². The van der Waals surface area contributed by atoms with Gasteiger partial charge in [0.05, 0.1) is 24.8 Å². The quantitative estimate of drug-likeness (QED) is 0.776. The van der Waals surface area contributed by atoms with Crippen LogP contribution in [0.15, 0.2) is 24.3 Å². The van der Waals surface area contributed by atoms with Gasteiger partial charge in [-0.1, -0.05) is 6.07 Å². The number of hydrogen-bond donors (Lipinski definition) is 1. The molecular weight excluding hydrogens is 298 g/mol. The summed E-state index contributed by atoms with van der Waals surface area (Å²) in [5.74, 6) is -1.86. The highest BCUT2D eigenvalue weighted by atomic mass is 16.7. The zero-order valence-corrected chi connectivity index (χ0v) is 12.6. The first kappa shape index (κ1) is 15.5. The molecule has 1 aromatic rings. The number of ether oxygens (including phenoxy) is 2. The Bertz CT molecular complexity index is 652. The molecule has 0 radical (unpaired) electrons. The fraction of sp³-hybridized carbons (Fsp3) is 0.438. The monoisotopic (exact) mass is 315 g/mol. The zero-order valence-electron chi connectivity index (χ0n) is 12.6. The molecule has 0 aliphatic carbocycles. The number of carbonyl (C=O) groups excluding carboxylic acids is 2. The van der Waals surface area contributed by atoms with E-state index in [-0.39, 0.29) is 0 Å². The molecule has 2 amide bonds. The Morgan fingerprint density at radius 1 is 1.22 bits per heavy atom. The minimum atomic E-state index is -0.704. The molecule has 2 aliphatic heterocycles. The van der Waals surface area contributed by atoms with Crippen molar-refractivity contribution in [1.82, 2.24) is 4.90 Å². The molecule has 3 rings (SSSR count). The van der Waals surface area contributed by atoms with Crippen LogP contribution in [0.25, 0.3) is 0 Å². The SMILES string of the molecule is N#Cc1cccc(NC(=O)C(=O)N2CCC3(CC2)OCCO3)c1. The molecule has 0 aromatic heterocycles. The lowest BCUT2D eigenvalue weighted by molar-refractivity contribution is -0.187. The van der Waals surface area contributed by atoms with Crippen molar-refractivity contribution in [3.05, 3.63) is 29.8 Å². The number of nitrogens with one attached hydrogen (secondary N) is 1. The maximum atomic E-state index is 12.2. The number of amides is 2. The number of nitrogens with zero attached hydrogens (tertiary/aromatic N) is 2. The van der Waals surface area contributed by atoms with E-state index in [1.807, 2.05) is 6.07 Å². The van der Waals surface area contributed by atoms with E-state index in [2.05, 4.69) is 5.32 Å². The van der Waals surface area contributed by atoms with Gasteiger partial charge in [-0.25, -0.2) is 0 Å². The van der Waals surface area contributed by atoms with Crippen molar-refractivity contribution in [2.45, 2.75) is 18.6 Å². The third-order valence-electron chi connectivity index (χ3n) is 4.07. The molecule has 1 aromatic carbocycles. The summed E-state index contributed by atoms with van der Waals surface area (Å²) >= 11 is 0. The Hall–Kier alpha value is -2.43. The first-order chi connectivity index (χ1) is 11.1. The van der Waals surface area contributed by atoms with Crippen LogP contribution < -0.4 is 5.32 Å². The number of likely N-dealkylation sites (tertiary alicyclic amines) is 1. The maximum absolute atomic E-state index is 12.2. The lowest BCUT2D eigenvalue weighted by Crippen LogP contribution is -2.50. The van der Waals surface area contributed by atoms with E-state index < -0.39 is 17.6 Å². The van der Waals surface area contributed by atoms with Gasteiger partial charge >= 0.3 is 11.8 Å². The van der Waals surface area contributed by atoms with Gasteiger partial charge in [0, 0.05) is 31.6 Å². The summed E-state index contributed by atoms with van der Waals surface area (Å²) in [6, 6.07) is 8.43. The topological polar surface area (TPSA) is 91.7 Å². The third kappa shape index (κ3) is 3.33. The van der Waals surface area contributed by atoms with E-state index in [1.54, 1.807) is 18.2 Å². The van der Waals surface area contributed by atoms with Crippen LogP contribution in [0.2, 0.25) is 0 Å². The number of nitriles is 1. The normalized spacial score (nSPS) is 19.3. The highest BCUT2D eigenvalue weighted by Crippen LogP contribution is 2.31. The second-order valence-electron chi connectivity index (χ2n) is 5.55. The predicted octanol–water partition coefficient (Wildman–Crippen LogP) is 0.862. The first-order valence-electron chi connectivity index (χ1n) is 7.50. The first-order valence-corrected chi connectivity index (χ1v) is 7.50. The Kier molecular flexibility index (Phi) is 4.28. The van der Waals surface area contributed by atoms with Crippen molar-refractivity contribution < 1.29 is 19.1 Å². The molecule has 0 saturated carbocycles. The number of hydrogen-bond acceptors (Lipinski definition) is 5. The van der Waals surface area contributed by atoms with Crippen molar-refractivity contribution in [3.8, 4) is 6.07 Å². The summed E-state index contributed by atoms with van der Waals surface area (Å²) in [6.07, 6.45) is 1.13. The molecule has 2 saturated heterocycles. The van der Waals surface area contributed by atoms with Gasteiger partial charge in [0.1, 0.15) is 0 Å². The van der Waals surface area contributed by atoms with Gasteiger partial charge in [0.25, 0.3) is 0 Å². The van der Waals surface area contributed by atoms with Gasteiger partial charge in [-0.05, 0) is 18.2 Å². The molecule has 0 unspecified atom stereocenters. The van der Waals surface area contributed by atoms with E-state index in [4.69, 9.17) is 14.7 Å². The Labute approximate surface area is 133 Å². The summed E-state index contributed by atoms with van der Waals surface area (Å²) < 4.78 is 11.2. The van der Waals surface area contributed by atoms with E-state index >= 15 is 0 Å². The summed E-state index contributed by atoms with van der Waals surface area (Å²) in [4.78, 5) is 25.8. The minimum absolute atomic E-state index is 0.421. The van der Waals surface area contributed by atoms with Crippen molar-refractivity contribution in [2.24, 2.45) is 0 Å². The molecule has 7 nitrogen and oxygen atoms in total. The average molecular weight is 315 g/mol. The smallest absolute Gasteiger partial charge is 0.313 e. The fourth-order valence-electron chi connectivity index (χ4n) is 2.83. The number of benzene rings is 1. The molecule has 1 spiro atoms. The maximum Gasteiger partial charge on any atom is 0.313 e. The Morgan fingerprint density at radius 2 is 1.91 bits per heavy atom. The predicted molar refractivity (Wildman–Crippen MR) is 80.2 cm³/mol. The molecular formula is C16H17N3O4. The average Bonchev–Trinajstić information content (AvgIpc) is 3.03. The van der Waals surface area contributed by atoms with Crippen LogP contribution >= 0.6 is 0 Å². The summed E-state index contributed by atoms with van der Waals surface area (Å²) in [6.45, 7) is 1.99. The van der Waals surface area contributed by atoms with Crippen LogP contribution in [0.1, 0.15) is 18.4 Å². The Balaban J connectivity index is 1.57. The molecule has 2 heterocycles. The van der Waals surface area contributed by atoms with E-state index in [9.17, 15) is 9.59 Å². The Morgan fingerprint density at radius 3 is 2.57 bits per heavy atom. The number of carbonyl (C=O) groups is 2. The van der Waals surface area contributed by atoms with Gasteiger partial charge in [-0.2, -0.15) is 5.26 Å². The van der Waals surface area contributed by atoms with Crippen LogP contribution in [-0.2, 0) is 19.1 Å². The van der Waals surface area contributed by atoms with Gasteiger partial charge in [-0.3, -0.25) is 9.59 Å². The van der Waals surface area contributed by atoms with Crippen LogP contribution in [0.4, 0.5) is 5.69 Å². The van der Waals surface area contributed by atoms with Crippen molar-refractivity contribution in [3.63, 3.8) is 0 Å². The molecule has 0 atom stereocenters. The molecule has 7 heteroatoms. The van der Waals surface area contributed by atoms with Gasteiger partial charge < -0.3 is 19.7 Å². The number of rotatable bonds is 1. The van der Waals surface area contributed by atoms with Crippen LogP contribution in [0, 0.1) is 11.3 Å². The van der Waals surface area contributed by atoms with Gasteiger partial charge in [0.2, 0.25) is 0 Å².